The Bertz CT molecular complexity index is 979. The van der Waals surface area contributed by atoms with E-state index >= 15 is 0 Å². The molecule has 0 spiro atoms. The number of nitrogens with zero attached hydrogens (tertiary/aromatic N) is 3. The minimum Gasteiger partial charge on any atom is -0.362 e. The van der Waals surface area contributed by atoms with E-state index in [2.05, 4.69) is 57.7 Å². The Labute approximate surface area is 180 Å². The smallest absolute Gasteiger partial charge is 0.261 e. The van der Waals surface area contributed by atoms with Gasteiger partial charge in [0.2, 0.25) is 0 Å². The van der Waals surface area contributed by atoms with E-state index in [0.717, 1.165) is 28.1 Å². The third kappa shape index (κ3) is 5.12. The monoisotopic (exact) mass is 431 g/mol. The summed E-state index contributed by atoms with van der Waals surface area (Å²) < 4.78 is 0. The molecular formula is C21H29N5OS2. The quantitative estimate of drug-likeness (QED) is 0.547. The molecule has 0 radical (unpaired) electrons. The van der Waals surface area contributed by atoms with Crippen molar-refractivity contribution >= 4 is 44.6 Å². The van der Waals surface area contributed by atoms with Crippen LogP contribution >= 0.6 is 22.7 Å². The lowest BCUT2D eigenvalue weighted by molar-refractivity contribution is 0.0933. The molecular weight excluding hydrogens is 402 g/mol. The summed E-state index contributed by atoms with van der Waals surface area (Å²) in [6.07, 6.45) is 1.56. The summed E-state index contributed by atoms with van der Waals surface area (Å²) in [4.78, 5) is 26.7. The van der Waals surface area contributed by atoms with E-state index in [1.54, 1.807) is 17.7 Å². The zero-order valence-corrected chi connectivity index (χ0v) is 19.5. The van der Waals surface area contributed by atoms with Gasteiger partial charge in [0.25, 0.3) is 5.91 Å². The lowest BCUT2D eigenvalue weighted by Crippen LogP contribution is -2.39. The molecule has 3 rings (SSSR count). The van der Waals surface area contributed by atoms with Gasteiger partial charge in [-0.05, 0) is 50.4 Å². The Morgan fingerprint density at radius 1 is 1.31 bits per heavy atom. The number of rotatable bonds is 8. The first-order chi connectivity index (χ1) is 13.7. The summed E-state index contributed by atoms with van der Waals surface area (Å²) in [5.41, 5.74) is 0.918. The van der Waals surface area contributed by atoms with Crippen LogP contribution < -0.4 is 10.6 Å². The number of carbonyl (C=O) groups is 1. The van der Waals surface area contributed by atoms with Crippen molar-refractivity contribution < 1.29 is 4.79 Å². The van der Waals surface area contributed by atoms with E-state index in [9.17, 15) is 4.79 Å². The van der Waals surface area contributed by atoms with Crippen LogP contribution in [0.3, 0.4) is 0 Å². The fourth-order valence-corrected chi connectivity index (χ4v) is 5.32. The van der Waals surface area contributed by atoms with Crippen molar-refractivity contribution in [3.63, 3.8) is 0 Å². The molecule has 8 heteroatoms. The van der Waals surface area contributed by atoms with Crippen molar-refractivity contribution in [1.82, 2.24) is 20.2 Å². The molecule has 0 saturated carbocycles. The van der Waals surface area contributed by atoms with E-state index in [1.165, 1.54) is 16.2 Å². The first-order valence-electron chi connectivity index (χ1n) is 9.65. The van der Waals surface area contributed by atoms with Crippen molar-refractivity contribution in [3.05, 3.63) is 39.2 Å². The summed E-state index contributed by atoms with van der Waals surface area (Å²) in [6.45, 7) is 9.92. The molecule has 0 aliphatic rings. The summed E-state index contributed by atoms with van der Waals surface area (Å²) in [5, 5.41) is 9.59. The lowest BCUT2D eigenvalue weighted by atomic mass is 9.93. The molecule has 29 heavy (non-hydrogen) atoms. The zero-order chi connectivity index (χ0) is 21.2. The minimum atomic E-state index is -0.0467. The largest absolute Gasteiger partial charge is 0.362 e. The number of anilines is 1. The molecule has 2 N–H and O–H groups in total. The van der Waals surface area contributed by atoms with Crippen LogP contribution in [-0.2, 0) is 0 Å². The van der Waals surface area contributed by atoms with Crippen LogP contribution in [0.1, 0.15) is 46.9 Å². The van der Waals surface area contributed by atoms with Gasteiger partial charge in [0, 0.05) is 18.0 Å². The van der Waals surface area contributed by atoms with E-state index in [-0.39, 0.29) is 17.4 Å². The van der Waals surface area contributed by atoms with Crippen LogP contribution in [-0.4, -0.2) is 48.0 Å². The van der Waals surface area contributed by atoms with E-state index in [0.29, 0.717) is 11.4 Å². The van der Waals surface area contributed by atoms with Gasteiger partial charge in [0.05, 0.1) is 16.3 Å². The Kier molecular flexibility index (Phi) is 6.55. The van der Waals surface area contributed by atoms with Gasteiger partial charge in [-0.25, -0.2) is 9.97 Å². The number of amides is 1. The van der Waals surface area contributed by atoms with Gasteiger partial charge >= 0.3 is 0 Å². The fourth-order valence-electron chi connectivity index (χ4n) is 3.52. The maximum atomic E-state index is 12.9. The molecule has 3 aromatic rings. The van der Waals surface area contributed by atoms with E-state index in [1.807, 2.05) is 27.1 Å². The molecule has 0 aliphatic carbocycles. The molecule has 0 fully saturated rings. The molecule has 3 aromatic heterocycles. The van der Waals surface area contributed by atoms with Crippen LogP contribution in [0.2, 0.25) is 0 Å². The predicted molar refractivity (Wildman–Crippen MR) is 123 cm³/mol. The molecule has 0 aromatic carbocycles. The highest BCUT2D eigenvalue weighted by molar-refractivity contribution is 7.20. The Hall–Kier alpha value is -2.03. The minimum absolute atomic E-state index is 0.00753. The number of aryl methyl sites for hydroxylation is 1. The van der Waals surface area contributed by atoms with Gasteiger partial charge in [-0.3, -0.25) is 4.79 Å². The molecule has 3 heterocycles. The number of fused-ring (bicyclic) bond motifs is 1. The van der Waals surface area contributed by atoms with Crippen molar-refractivity contribution in [2.45, 2.75) is 33.7 Å². The topological polar surface area (TPSA) is 70.2 Å². The molecule has 1 amide bonds. The first-order valence-corrected chi connectivity index (χ1v) is 11.3. The molecule has 0 unspecified atom stereocenters. The van der Waals surface area contributed by atoms with Gasteiger partial charge in [-0.2, -0.15) is 0 Å². The average molecular weight is 432 g/mol. The highest BCUT2D eigenvalue weighted by Crippen LogP contribution is 2.35. The maximum Gasteiger partial charge on any atom is 0.261 e. The summed E-state index contributed by atoms with van der Waals surface area (Å²) in [6, 6.07) is 4.29. The maximum absolute atomic E-state index is 12.9. The average Bonchev–Trinajstić information content (AvgIpc) is 3.28. The second-order valence-corrected chi connectivity index (χ2v) is 10.4. The number of aromatic nitrogens is 2. The van der Waals surface area contributed by atoms with Crippen LogP contribution in [0, 0.1) is 12.3 Å². The van der Waals surface area contributed by atoms with Crippen LogP contribution in [0.25, 0.3) is 10.2 Å². The zero-order valence-electron chi connectivity index (χ0n) is 17.9. The van der Waals surface area contributed by atoms with E-state index < -0.39 is 0 Å². The highest BCUT2D eigenvalue weighted by atomic mass is 32.1. The van der Waals surface area contributed by atoms with E-state index in [4.69, 9.17) is 0 Å². The van der Waals surface area contributed by atoms with Crippen LogP contribution in [0.4, 0.5) is 5.82 Å². The SMILES string of the molecule is Cc1c(C(=O)NCC(C)(C)CN(C)C)sc2ncnc(N[C@H](C)c3cccs3)c12. The third-order valence-electron chi connectivity index (χ3n) is 4.73. The summed E-state index contributed by atoms with van der Waals surface area (Å²) in [5.74, 6) is 0.728. The van der Waals surface area contributed by atoms with Gasteiger partial charge in [0.15, 0.2) is 0 Å². The van der Waals surface area contributed by atoms with Crippen molar-refractivity contribution in [1.29, 1.82) is 0 Å². The lowest BCUT2D eigenvalue weighted by Gasteiger charge is -2.28. The standard InChI is InChI=1S/C21H29N5OS2/c1-13-16-18(25-14(2)15-8-7-9-28-15)23-12-24-20(16)29-17(13)19(27)22-10-21(3,4)11-26(5)6/h7-9,12,14H,10-11H2,1-6H3,(H,22,27)(H,23,24,25)/t14-/m1/s1. The Morgan fingerprint density at radius 2 is 2.07 bits per heavy atom. The Balaban J connectivity index is 1.81. The first kappa shape index (κ1) is 21.7. The number of nitrogens with one attached hydrogen (secondary N) is 2. The predicted octanol–water partition coefficient (Wildman–Crippen LogP) is 4.55. The Morgan fingerprint density at radius 3 is 2.72 bits per heavy atom. The highest BCUT2D eigenvalue weighted by Gasteiger charge is 2.24. The van der Waals surface area contributed by atoms with Gasteiger partial charge in [-0.1, -0.05) is 19.9 Å². The number of hydrogen-bond donors (Lipinski definition) is 2. The fraction of sp³-hybridized carbons (Fsp3) is 0.476. The third-order valence-corrected chi connectivity index (χ3v) is 6.98. The second kappa shape index (κ2) is 8.77. The van der Waals surface area contributed by atoms with Crippen molar-refractivity contribution in [3.8, 4) is 0 Å². The second-order valence-electron chi connectivity index (χ2n) is 8.42. The molecule has 156 valence electrons. The number of thiophene rings is 2. The molecule has 0 aliphatic heterocycles. The number of hydrogen-bond acceptors (Lipinski definition) is 7. The number of carbonyl (C=O) groups excluding carboxylic acids is 1. The molecule has 1 atom stereocenters. The summed E-state index contributed by atoms with van der Waals surface area (Å²) >= 11 is 3.14. The molecule has 0 saturated heterocycles. The summed E-state index contributed by atoms with van der Waals surface area (Å²) in [7, 11) is 4.09. The normalized spacial score (nSPS) is 13.1. The van der Waals surface area contributed by atoms with Crippen molar-refractivity contribution in [2.75, 3.05) is 32.5 Å². The van der Waals surface area contributed by atoms with Gasteiger partial charge < -0.3 is 15.5 Å². The molecule has 0 bridgehead atoms. The van der Waals surface area contributed by atoms with Gasteiger partial charge in [0.1, 0.15) is 17.0 Å². The van der Waals surface area contributed by atoms with Crippen LogP contribution in [0.5, 0.6) is 0 Å². The van der Waals surface area contributed by atoms with Gasteiger partial charge in [-0.15, -0.1) is 22.7 Å². The molecule has 6 nitrogen and oxygen atoms in total. The van der Waals surface area contributed by atoms with Crippen molar-refractivity contribution in [2.24, 2.45) is 5.41 Å². The van der Waals surface area contributed by atoms with Crippen LogP contribution in [0.15, 0.2) is 23.8 Å².